The summed E-state index contributed by atoms with van der Waals surface area (Å²) < 4.78 is 0. The topological polar surface area (TPSA) is 66.0 Å². The number of aromatic amines is 1. The summed E-state index contributed by atoms with van der Waals surface area (Å²) in [5, 5.41) is 15.3. The summed E-state index contributed by atoms with van der Waals surface area (Å²) in [6, 6.07) is 0. The molecule has 1 saturated carbocycles. The first-order chi connectivity index (χ1) is 6.27. The van der Waals surface area contributed by atoms with Crippen LogP contribution in [0.4, 0.5) is 0 Å². The number of rotatable bonds is 3. The molecular formula is C9H10N2O2. The Balaban J connectivity index is 2.19. The Morgan fingerprint density at radius 3 is 3.08 bits per heavy atom. The zero-order chi connectivity index (χ0) is 9.26. The number of nitrogens with one attached hydrogen (secondary N) is 1. The zero-order valence-electron chi connectivity index (χ0n) is 7.03. The first kappa shape index (κ1) is 8.04. The number of carboxylic acids is 1. The number of hydrogen-bond donors (Lipinski definition) is 2. The fraction of sp³-hybridized carbons (Fsp3) is 0.333. The molecule has 0 bridgehead atoms. The molecule has 0 aromatic carbocycles. The minimum atomic E-state index is -0.928. The summed E-state index contributed by atoms with van der Waals surface area (Å²) in [6.45, 7) is 0. The van der Waals surface area contributed by atoms with Crippen LogP contribution in [-0.4, -0.2) is 21.3 Å². The van der Waals surface area contributed by atoms with Gasteiger partial charge in [0.15, 0.2) is 0 Å². The molecule has 13 heavy (non-hydrogen) atoms. The number of carbonyl (C=O) groups is 1. The van der Waals surface area contributed by atoms with E-state index in [0.29, 0.717) is 5.92 Å². The number of carboxylic acid groups (broad SMARTS) is 1. The maximum atomic E-state index is 10.3. The predicted octanol–water partition coefficient (Wildman–Crippen LogP) is 1.38. The third-order valence-corrected chi connectivity index (χ3v) is 2.07. The Hall–Kier alpha value is -1.58. The van der Waals surface area contributed by atoms with E-state index >= 15 is 0 Å². The van der Waals surface area contributed by atoms with E-state index in [9.17, 15) is 4.79 Å². The second-order valence-electron chi connectivity index (χ2n) is 3.17. The van der Waals surface area contributed by atoms with Crippen LogP contribution >= 0.6 is 0 Å². The van der Waals surface area contributed by atoms with Gasteiger partial charge < -0.3 is 5.11 Å². The van der Waals surface area contributed by atoms with Crippen LogP contribution in [-0.2, 0) is 4.79 Å². The molecule has 1 fully saturated rings. The van der Waals surface area contributed by atoms with Crippen molar-refractivity contribution in [2.45, 2.75) is 18.8 Å². The van der Waals surface area contributed by atoms with E-state index in [-0.39, 0.29) is 0 Å². The monoisotopic (exact) mass is 178 g/mol. The first-order valence-electron chi connectivity index (χ1n) is 4.22. The van der Waals surface area contributed by atoms with Crippen LogP contribution in [0.25, 0.3) is 6.08 Å². The molecular weight excluding hydrogens is 168 g/mol. The molecule has 0 aliphatic heterocycles. The number of H-pyrrole nitrogens is 1. The third kappa shape index (κ3) is 1.77. The van der Waals surface area contributed by atoms with Gasteiger partial charge in [0.2, 0.25) is 0 Å². The minimum absolute atomic E-state index is 0.541. The van der Waals surface area contributed by atoms with Crippen LogP contribution in [0.1, 0.15) is 30.0 Å². The van der Waals surface area contributed by atoms with Gasteiger partial charge in [-0.25, -0.2) is 4.79 Å². The summed E-state index contributed by atoms with van der Waals surface area (Å²) in [4.78, 5) is 10.3. The quantitative estimate of drug-likeness (QED) is 0.687. The molecule has 68 valence electrons. The summed E-state index contributed by atoms with van der Waals surface area (Å²) in [6.07, 6.45) is 6.78. The van der Waals surface area contributed by atoms with Gasteiger partial charge in [0, 0.05) is 23.8 Å². The number of aliphatic carboxylic acids is 1. The average molecular weight is 178 g/mol. The van der Waals surface area contributed by atoms with Gasteiger partial charge in [-0.2, -0.15) is 5.10 Å². The molecule has 1 aliphatic carbocycles. The molecule has 2 N–H and O–H groups in total. The van der Waals surface area contributed by atoms with Gasteiger partial charge in [-0.15, -0.1) is 0 Å². The Morgan fingerprint density at radius 2 is 2.46 bits per heavy atom. The smallest absolute Gasteiger partial charge is 0.328 e. The van der Waals surface area contributed by atoms with Gasteiger partial charge in [-0.3, -0.25) is 5.10 Å². The van der Waals surface area contributed by atoms with Gasteiger partial charge in [0.1, 0.15) is 0 Å². The minimum Gasteiger partial charge on any atom is -0.478 e. The molecule has 0 amide bonds. The highest BCUT2D eigenvalue weighted by Gasteiger charge is 2.27. The molecule has 1 aromatic rings. The standard InChI is InChI=1S/C9H10N2O2/c12-8(13)4-3-7-5-10-11-9(7)6-1-2-6/h3-6H,1-2H2,(H,10,11)(H,12,13)/b4-3+. The van der Waals surface area contributed by atoms with Crippen LogP contribution in [0.3, 0.4) is 0 Å². The van der Waals surface area contributed by atoms with E-state index in [4.69, 9.17) is 5.11 Å². The van der Waals surface area contributed by atoms with E-state index in [1.165, 1.54) is 12.8 Å². The lowest BCUT2D eigenvalue weighted by Gasteiger charge is -1.91. The highest BCUT2D eigenvalue weighted by atomic mass is 16.4. The molecule has 0 atom stereocenters. The lowest BCUT2D eigenvalue weighted by molar-refractivity contribution is -0.131. The van der Waals surface area contributed by atoms with Crippen molar-refractivity contribution in [1.82, 2.24) is 10.2 Å². The van der Waals surface area contributed by atoms with E-state index in [0.717, 1.165) is 17.3 Å². The van der Waals surface area contributed by atoms with Crippen LogP contribution in [0, 0.1) is 0 Å². The maximum absolute atomic E-state index is 10.3. The molecule has 2 rings (SSSR count). The summed E-state index contributed by atoms with van der Waals surface area (Å²) >= 11 is 0. The Morgan fingerprint density at radius 1 is 1.69 bits per heavy atom. The summed E-state index contributed by atoms with van der Waals surface area (Å²) in [5.41, 5.74) is 1.89. The molecule has 1 heterocycles. The molecule has 1 aliphatic rings. The van der Waals surface area contributed by atoms with Crippen molar-refractivity contribution in [3.8, 4) is 0 Å². The van der Waals surface area contributed by atoms with Gasteiger partial charge in [-0.05, 0) is 18.9 Å². The van der Waals surface area contributed by atoms with Gasteiger partial charge in [0.05, 0.1) is 5.69 Å². The van der Waals surface area contributed by atoms with Crippen molar-refractivity contribution in [2.75, 3.05) is 0 Å². The summed E-state index contributed by atoms with van der Waals surface area (Å²) in [5.74, 6) is -0.386. The van der Waals surface area contributed by atoms with Crippen molar-refractivity contribution in [1.29, 1.82) is 0 Å². The first-order valence-corrected chi connectivity index (χ1v) is 4.22. The SMILES string of the molecule is O=C(O)/C=C/c1c[nH]nc1C1CC1. The Labute approximate surface area is 75.3 Å². The van der Waals surface area contributed by atoms with E-state index in [1.54, 1.807) is 12.3 Å². The average Bonchev–Trinajstić information content (AvgIpc) is 2.82. The van der Waals surface area contributed by atoms with Crippen LogP contribution < -0.4 is 0 Å². The zero-order valence-corrected chi connectivity index (χ0v) is 7.03. The number of aromatic nitrogens is 2. The van der Waals surface area contributed by atoms with Crippen molar-refractivity contribution in [2.24, 2.45) is 0 Å². The van der Waals surface area contributed by atoms with Gasteiger partial charge in [0.25, 0.3) is 0 Å². The van der Waals surface area contributed by atoms with Gasteiger partial charge >= 0.3 is 5.97 Å². The van der Waals surface area contributed by atoms with E-state index in [1.807, 2.05) is 0 Å². The predicted molar refractivity (Wildman–Crippen MR) is 47.2 cm³/mol. The fourth-order valence-electron chi connectivity index (χ4n) is 1.29. The number of hydrogen-bond acceptors (Lipinski definition) is 2. The normalized spacial score (nSPS) is 16.6. The molecule has 0 unspecified atom stereocenters. The molecule has 0 saturated heterocycles. The molecule has 0 spiro atoms. The van der Waals surface area contributed by atoms with E-state index in [2.05, 4.69) is 10.2 Å². The molecule has 4 heteroatoms. The largest absolute Gasteiger partial charge is 0.478 e. The Bertz CT molecular complexity index is 350. The third-order valence-electron chi connectivity index (χ3n) is 2.07. The van der Waals surface area contributed by atoms with Crippen LogP contribution in [0.15, 0.2) is 12.3 Å². The van der Waals surface area contributed by atoms with Crippen LogP contribution in [0.2, 0.25) is 0 Å². The fourth-order valence-corrected chi connectivity index (χ4v) is 1.29. The molecule has 4 nitrogen and oxygen atoms in total. The van der Waals surface area contributed by atoms with Crippen molar-refractivity contribution < 1.29 is 9.90 Å². The molecule has 0 radical (unpaired) electrons. The van der Waals surface area contributed by atoms with Crippen molar-refractivity contribution >= 4 is 12.0 Å². The lowest BCUT2D eigenvalue weighted by Crippen LogP contribution is -1.87. The number of nitrogens with zero attached hydrogens (tertiary/aromatic N) is 1. The molecule has 1 aromatic heterocycles. The second kappa shape index (κ2) is 3.05. The highest BCUT2D eigenvalue weighted by Crippen LogP contribution is 2.40. The maximum Gasteiger partial charge on any atom is 0.328 e. The highest BCUT2D eigenvalue weighted by molar-refractivity contribution is 5.85. The summed E-state index contributed by atoms with van der Waals surface area (Å²) in [7, 11) is 0. The van der Waals surface area contributed by atoms with Crippen molar-refractivity contribution in [3.63, 3.8) is 0 Å². The van der Waals surface area contributed by atoms with Gasteiger partial charge in [-0.1, -0.05) is 0 Å². The lowest BCUT2D eigenvalue weighted by atomic mass is 10.2. The Kier molecular flexibility index (Phi) is 1.88. The van der Waals surface area contributed by atoms with Crippen LogP contribution in [0.5, 0.6) is 0 Å². The second-order valence-corrected chi connectivity index (χ2v) is 3.17. The van der Waals surface area contributed by atoms with Crippen molar-refractivity contribution in [3.05, 3.63) is 23.5 Å². The van der Waals surface area contributed by atoms with E-state index < -0.39 is 5.97 Å².